The summed E-state index contributed by atoms with van der Waals surface area (Å²) in [4.78, 5) is 23.2. The van der Waals surface area contributed by atoms with E-state index < -0.39 is 0 Å². The van der Waals surface area contributed by atoms with Crippen molar-refractivity contribution >= 4 is 11.9 Å². The van der Waals surface area contributed by atoms with Gasteiger partial charge in [0.25, 0.3) is 5.91 Å². The highest BCUT2D eigenvalue weighted by Gasteiger charge is 2.15. The summed E-state index contributed by atoms with van der Waals surface area (Å²) in [6.07, 6.45) is 0. The molecule has 1 N–H and O–H groups in total. The third kappa shape index (κ3) is 4.95. The van der Waals surface area contributed by atoms with Crippen LogP contribution in [0.25, 0.3) is 11.1 Å². The molecule has 0 fully saturated rings. The molecule has 2 aromatic carbocycles. The second-order valence-electron chi connectivity index (χ2n) is 6.40. The number of nitrogens with one attached hydrogen (secondary N) is 1. The van der Waals surface area contributed by atoms with Crippen LogP contribution in [0.5, 0.6) is 5.75 Å². The van der Waals surface area contributed by atoms with Crippen LogP contribution in [-0.4, -0.2) is 17.4 Å². The molecule has 0 heterocycles. The smallest absolute Gasteiger partial charge is 0.308 e. The van der Waals surface area contributed by atoms with Crippen molar-refractivity contribution in [2.24, 2.45) is 0 Å². The van der Waals surface area contributed by atoms with E-state index in [0.29, 0.717) is 11.3 Å². The van der Waals surface area contributed by atoms with Crippen LogP contribution >= 0.6 is 0 Å². The van der Waals surface area contributed by atoms with Gasteiger partial charge in [-0.15, -0.1) is 0 Å². The molecule has 4 heteroatoms. The van der Waals surface area contributed by atoms with Gasteiger partial charge in [-0.2, -0.15) is 0 Å². The van der Waals surface area contributed by atoms with E-state index in [9.17, 15) is 9.59 Å². The SMILES string of the molecule is CC(=O)Oc1ccc(-c2cccc(C(=O)NC(C)(C)C)c2)cc1. The topological polar surface area (TPSA) is 55.4 Å². The molecule has 23 heavy (non-hydrogen) atoms. The number of rotatable bonds is 3. The maximum Gasteiger partial charge on any atom is 0.308 e. The molecule has 0 bridgehead atoms. The standard InChI is InChI=1S/C19H21NO3/c1-13(21)23-17-10-8-14(9-11-17)15-6-5-7-16(12-15)18(22)20-19(2,3)4/h5-12H,1-4H3,(H,20,22). The lowest BCUT2D eigenvalue weighted by molar-refractivity contribution is -0.131. The number of carbonyl (C=O) groups excluding carboxylic acids is 2. The first-order chi connectivity index (χ1) is 10.7. The van der Waals surface area contributed by atoms with E-state index >= 15 is 0 Å². The van der Waals surface area contributed by atoms with Gasteiger partial charge in [0.15, 0.2) is 0 Å². The van der Waals surface area contributed by atoms with Gasteiger partial charge >= 0.3 is 5.97 Å². The summed E-state index contributed by atoms with van der Waals surface area (Å²) in [7, 11) is 0. The summed E-state index contributed by atoms with van der Waals surface area (Å²) in [6, 6.07) is 14.6. The summed E-state index contributed by atoms with van der Waals surface area (Å²) in [5, 5.41) is 2.95. The fourth-order valence-electron chi connectivity index (χ4n) is 2.13. The van der Waals surface area contributed by atoms with Gasteiger partial charge in [0.1, 0.15) is 5.75 Å². The molecule has 2 aromatic rings. The molecule has 2 rings (SSSR count). The minimum absolute atomic E-state index is 0.101. The fourth-order valence-corrected chi connectivity index (χ4v) is 2.13. The van der Waals surface area contributed by atoms with E-state index in [-0.39, 0.29) is 17.4 Å². The number of hydrogen-bond donors (Lipinski definition) is 1. The molecule has 0 radical (unpaired) electrons. The average molecular weight is 311 g/mol. The highest BCUT2D eigenvalue weighted by Crippen LogP contribution is 2.23. The van der Waals surface area contributed by atoms with Crippen LogP contribution in [0.1, 0.15) is 38.1 Å². The first kappa shape index (κ1) is 16.7. The van der Waals surface area contributed by atoms with Crippen molar-refractivity contribution in [2.75, 3.05) is 0 Å². The molecule has 0 saturated carbocycles. The Hall–Kier alpha value is -2.62. The Morgan fingerprint density at radius 1 is 0.957 bits per heavy atom. The normalized spacial score (nSPS) is 11.0. The minimum Gasteiger partial charge on any atom is -0.427 e. The molecule has 4 nitrogen and oxygen atoms in total. The Morgan fingerprint density at radius 2 is 1.61 bits per heavy atom. The Kier molecular flexibility index (Phi) is 4.84. The first-order valence-corrected chi connectivity index (χ1v) is 7.46. The number of benzene rings is 2. The zero-order chi connectivity index (χ0) is 17.0. The van der Waals surface area contributed by atoms with Crippen molar-refractivity contribution in [3.63, 3.8) is 0 Å². The molecular weight excluding hydrogens is 290 g/mol. The van der Waals surface area contributed by atoms with Crippen LogP contribution in [0, 0.1) is 0 Å². The predicted octanol–water partition coefficient (Wildman–Crippen LogP) is 3.81. The molecule has 0 aromatic heterocycles. The number of ether oxygens (including phenoxy) is 1. The lowest BCUT2D eigenvalue weighted by atomic mass is 10.0. The summed E-state index contributed by atoms with van der Waals surface area (Å²) in [6.45, 7) is 7.21. The quantitative estimate of drug-likeness (QED) is 0.693. The van der Waals surface area contributed by atoms with Crippen molar-refractivity contribution < 1.29 is 14.3 Å². The van der Waals surface area contributed by atoms with Crippen LogP contribution in [0.4, 0.5) is 0 Å². The third-order valence-electron chi connectivity index (χ3n) is 3.06. The van der Waals surface area contributed by atoms with Crippen LogP contribution in [0.3, 0.4) is 0 Å². The molecule has 1 amide bonds. The van der Waals surface area contributed by atoms with E-state index in [1.807, 2.05) is 51.1 Å². The van der Waals surface area contributed by atoms with Gasteiger partial charge in [-0.3, -0.25) is 9.59 Å². The summed E-state index contributed by atoms with van der Waals surface area (Å²) < 4.78 is 5.02. The van der Waals surface area contributed by atoms with Crippen LogP contribution in [0.2, 0.25) is 0 Å². The van der Waals surface area contributed by atoms with Crippen molar-refractivity contribution in [3.05, 3.63) is 54.1 Å². The van der Waals surface area contributed by atoms with Gasteiger partial charge in [0.2, 0.25) is 0 Å². The van der Waals surface area contributed by atoms with E-state index in [1.54, 1.807) is 18.2 Å². The highest BCUT2D eigenvalue weighted by atomic mass is 16.5. The van der Waals surface area contributed by atoms with Gasteiger partial charge in [0, 0.05) is 18.0 Å². The maximum atomic E-state index is 12.3. The first-order valence-electron chi connectivity index (χ1n) is 7.46. The molecule has 0 aliphatic heterocycles. The average Bonchev–Trinajstić information content (AvgIpc) is 2.46. The van der Waals surface area contributed by atoms with Gasteiger partial charge < -0.3 is 10.1 Å². The molecule has 0 saturated heterocycles. The Balaban J connectivity index is 2.22. The largest absolute Gasteiger partial charge is 0.427 e. The summed E-state index contributed by atoms with van der Waals surface area (Å²) in [5.74, 6) is 0.0531. The molecule has 0 aliphatic carbocycles. The lowest BCUT2D eigenvalue weighted by Crippen LogP contribution is -2.40. The lowest BCUT2D eigenvalue weighted by Gasteiger charge is -2.20. The van der Waals surface area contributed by atoms with Gasteiger partial charge in [-0.05, 0) is 56.2 Å². The number of amides is 1. The van der Waals surface area contributed by atoms with Gasteiger partial charge in [-0.1, -0.05) is 24.3 Å². The molecular formula is C19H21NO3. The number of esters is 1. The molecule has 0 aliphatic rings. The van der Waals surface area contributed by atoms with Crippen LogP contribution < -0.4 is 10.1 Å². The van der Waals surface area contributed by atoms with Gasteiger partial charge in [-0.25, -0.2) is 0 Å². The molecule has 0 unspecified atom stereocenters. The highest BCUT2D eigenvalue weighted by molar-refractivity contribution is 5.95. The van der Waals surface area contributed by atoms with Gasteiger partial charge in [0.05, 0.1) is 0 Å². The van der Waals surface area contributed by atoms with Crippen molar-refractivity contribution in [3.8, 4) is 16.9 Å². The molecule has 0 spiro atoms. The second-order valence-corrected chi connectivity index (χ2v) is 6.40. The molecule has 0 atom stereocenters. The van der Waals surface area contributed by atoms with Crippen molar-refractivity contribution in [1.82, 2.24) is 5.32 Å². The Bertz CT molecular complexity index is 712. The van der Waals surface area contributed by atoms with E-state index in [4.69, 9.17) is 4.74 Å². The van der Waals surface area contributed by atoms with Crippen LogP contribution in [-0.2, 0) is 4.79 Å². The third-order valence-corrected chi connectivity index (χ3v) is 3.06. The van der Waals surface area contributed by atoms with E-state index in [1.165, 1.54) is 6.92 Å². The fraction of sp³-hybridized carbons (Fsp3) is 0.263. The van der Waals surface area contributed by atoms with E-state index in [2.05, 4.69) is 5.32 Å². The van der Waals surface area contributed by atoms with E-state index in [0.717, 1.165) is 11.1 Å². The second kappa shape index (κ2) is 6.65. The van der Waals surface area contributed by atoms with Crippen LogP contribution in [0.15, 0.2) is 48.5 Å². The number of hydrogen-bond acceptors (Lipinski definition) is 3. The number of carbonyl (C=O) groups is 2. The minimum atomic E-state index is -0.349. The molecule has 120 valence electrons. The zero-order valence-corrected chi connectivity index (χ0v) is 13.8. The Labute approximate surface area is 136 Å². The zero-order valence-electron chi connectivity index (χ0n) is 13.8. The summed E-state index contributed by atoms with van der Waals surface area (Å²) in [5.41, 5.74) is 2.22. The Morgan fingerprint density at radius 3 is 2.17 bits per heavy atom. The predicted molar refractivity (Wildman–Crippen MR) is 90.4 cm³/mol. The van der Waals surface area contributed by atoms with Crippen molar-refractivity contribution in [1.29, 1.82) is 0 Å². The monoisotopic (exact) mass is 311 g/mol. The van der Waals surface area contributed by atoms with Crippen molar-refractivity contribution in [2.45, 2.75) is 33.2 Å². The maximum absolute atomic E-state index is 12.3. The summed E-state index contributed by atoms with van der Waals surface area (Å²) >= 11 is 0.